The van der Waals surface area contributed by atoms with Gasteiger partial charge in [0.25, 0.3) is 0 Å². The lowest BCUT2D eigenvalue weighted by molar-refractivity contribution is 0.462. The highest BCUT2D eigenvalue weighted by atomic mass is 127. The molecule has 1 aliphatic heterocycles. The van der Waals surface area contributed by atoms with Crippen molar-refractivity contribution >= 4 is 57.3 Å². The molecule has 0 bridgehead atoms. The van der Waals surface area contributed by atoms with E-state index in [0.29, 0.717) is 6.04 Å². The van der Waals surface area contributed by atoms with Crippen LogP contribution in [0.2, 0.25) is 0 Å². The second-order valence-corrected chi connectivity index (χ2v) is 8.08. The summed E-state index contributed by atoms with van der Waals surface area (Å²) in [6.45, 7) is 5.93. The Bertz CT molecular complexity index is 928. The van der Waals surface area contributed by atoms with Gasteiger partial charge in [-0.15, -0.1) is 35.3 Å². The van der Waals surface area contributed by atoms with Crippen molar-refractivity contribution in [2.45, 2.75) is 32.4 Å². The van der Waals surface area contributed by atoms with Crippen LogP contribution in [0.4, 0.5) is 5.00 Å². The third-order valence-electron chi connectivity index (χ3n) is 5.35. The number of aromatic nitrogens is 2. The number of hydrogen-bond acceptors (Lipinski definition) is 4. The van der Waals surface area contributed by atoms with Crippen LogP contribution in [-0.2, 0) is 6.54 Å². The minimum absolute atomic E-state index is 0. The molecule has 0 unspecified atom stereocenters. The number of guanidine groups is 1. The zero-order valence-corrected chi connectivity index (χ0v) is 20.1. The maximum Gasteiger partial charge on any atom is 0.191 e. The van der Waals surface area contributed by atoms with Crippen molar-refractivity contribution in [3.63, 3.8) is 0 Å². The average molecular weight is 524 g/mol. The fourth-order valence-electron chi connectivity index (χ4n) is 3.85. The van der Waals surface area contributed by atoms with E-state index in [1.807, 2.05) is 24.5 Å². The molecule has 156 valence electrons. The molecule has 0 atom stereocenters. The van der Waals surface area contributed by atoms with Gasteiger partial charge in [0.05, 0.1) is 16.0 Å². The summed E-state index contributed by atoms with van der Waals surface area (Å²) in [5.74, 6) is 1.93. The fourth-order valence-corrected chi connectivity index (χ4v) is 4.63. The zero-order chi connectivity index (χ0) is 19.3. The first kappa shape index (κ1) is 21.9. The van der Waals surface area contributed by atoms with Crippen molar-refractivity contribution in [1.29, 1.82) is 0 Å². The van der Waals surface area contributed by atoms with Gasteiger partial charge in [-0.1, -0.05) is 12.1 Å². The van der Waals surface area contributed by atoms with E-state index >= 15 is 0 Å². The van der Waals surface area contributed by atoms with E-state index < -0.39 is 0 Å². The Balaban J connectivity index is 0.00000240. The molecule has 29 heavy (non-hydrogen) atoms. The number of anilines is 1. The standard InChI is InChI=1S/C21H28N6S.HI/c1-16-24-18-6-3-4-7-19(18)27(16)14-11-23-21(22-2)25-17-9-12-26(13-10-17)20-8-5-15-28-20;/h3-8,15,17H,9-14H2,1-2H3,(H2,22,23,25);1H. The number of nitrogens with zero attached hydrogens (tertiary/aromatic N) is 4. The molecule has 6 nitrogen and oxygen atoms in total. The summed E-state index contributed by atoms with van der Waals surface area (Å²) in [6.07, 6.45) is 2.26. The summed E-state index contributed by atoms with van der Waals surface area (Å²) in [5, 5.41) is 10.6. The Morgan fingerprint density at radius 3 is 2.72 bits per heavy atom. The molecule has 1 fully saturated rings. The van der Waals surface area contributed by atoms with E-state index in [0.717, 1.165) is 56.3 Å². The molecular weight excluding hydrogens is 495 g/mol. The number of aryl methyl sites for hydroxylation is 1. The molecule has 0 aliphatic carbocycles. The van der Waals surface area contributed by atoms with E-state index in [1.54, 1.807) is 0 Å². The lowest BCUT2D eigenvalue weighted by Crippen LogP contribution is -2.49. The minimum atomic E-state index is 0. The average Bonchev–Trinajstić information content (AvgIpc) is 3.36. The Labute approximate surface area is 193 Å². The molecular formula is C21H29IN6S. The number of para-hydroxylation sites is 2. The number of halogens is 1. The highest BCUT2D eigenvalue weighted by Gasteiger charge is 2.20. The van der Waals surface area contributed by atoms with Gasteiger partial charge in [-0.05, 0) is 49.4 Å². The number of benzene rings is 1. The lowest BCUT2D eigenvalue weighted by Gasteiger charge is -2.33. The summed E-state index contributed by atoms with van der Waals surface area (Å²) in [7, 11) is 1.84. The topological polar surface area (TPSA) is 57.5 Å². The number of hydrogen-bond donors (Lipinski definition) is 2. The molecule has 0 radical (unpaired) electrons. The summed E-state index contributed by atoms with van der Waals surface area (Å²) < 4.78 is 2.26. The smallest absolute Gasteiger partial charge is 0.191 e. The van der Waals surface area contributed by atoms with Crippen LogP contribution in [0.15, 0.2) is 46.8 Å². The van der Waals surface area contributed by atoms with Crippen LogP contribution in [0.3, 0.4) is 0 Å². The maximum absolute atomic E-state index is 4.64. The Kier molecular flexibility index (Phi) is 7.77. The van der Waals surface area contributed by atoms with Crippen molar-refractivity contribution in [2.75, 3.05) is 31.6 Å². The SMILES string of the molecule is CN=C(NCCn1c(C)nc2ccccc21)NC1CCN(c2cccs2)CC1.I. The van der Waals surface area contributed by atoms with Crippen molar-refractivity contribution < 1.29 is 0 Å². The quantitative estimate of drug-likeness (QED) is 0.303. The van der Waals surface area contributed by atoms with Gasteiger partial charge in [0.2, 0.25) is 0 Å². The van der Waals surface area contributed by atoms with Crippen LogP contribution in [0.1, 0.15) is 18.7 Å². The van der Waals surface area contributed by atoms with Gasteiger partial charge in [-0.25, -0.2) is 4.98 Å². The van der Waals surface area contributed by atoms with Crippen LogP contribution in [-0.4, -0.2) is 48.2 Å². The van der Waals surface area contributed by atoms with Crippen LogP contribution in [0.25, 0.3) is 11.0 Å². The van der Waals surface area contributed by atoms with E-state index in [9.17, 15) is 0 Å². The normalized spacial score (nSPS) is 15.4. The van der Waals surface area contributed by atoms with Gasteiger partial charge < -0.3 is 20.1 Å². The van der Waals surface area contributed by atoms with Crippen LogP contribution in [0.5, 0.6) is 0 Å². The number of fused-ring (bicyclic) bond motifs is 1. The highest BCUT2D eigenvalue weighted by Crippen LogP contribution is 2.24. The van der Waals surface area contributed by atoms with Gasteiger partial charge in [0.15, 0.2) is 5.96 Å². The molecule has 1 aromatic carbocycles. The number of imidazole rings is 1. The summed E-state index contributed by atoms with van der Waals surface area (Å²) in [5.41, 5.74) is 2.24. The van der Waals surface area contributed by atoms with Crippen LogP contribution in [0, 0.1) is 6.92 Å². The van der Waals surface area contributed by atoms with Gasteiger partial charge in [-0.2, -0.15) is 0 Å². The largest absolute Gasteiger partial charge is 0.363 e. The van der Waals surface area contributed by atoms with Crippen molar-refractivity contribution in [3.05, 3.63) is 47.6 Å². The molecule has 0 saturated carbocycles. The van der Waals surface area contributed by atoms with Crippen molar-refractivity contribution in [3.8, 4) is 0 Å². The third-order valence-corrected chi connectivity index (χ3v) is 6.28. The number of nitrogens with one attached hydrogen (secondary N) is 2. The summed E-state index contributed by atoms with van der Waals surface area (Å²) >= 11 is 1.82. The second-order valence-electron chi connectivity index (χ2n) is 7.16. The molecule has 0 amide bonds. The Morgan fingerprint density at radius 2 is 2.00 bits per heavy atom. The van der Waals surface area contributed by atoms with E-state index in [4.69, 9.17) is 0 Å². The highest BCUT2D eigenvalue weighted by molar-refractivity contribution is 14.0. The molecule has 1 aliphatic rings. The van der Waals surface area contributed by atoms with Gasteiger partial charge >= 0.3 is 0 Å². The predicted octanol–water partition coefficient (Wildman–Crippen LogP) is 3.86. The second kappa shape index (κ2) is 10.3. The Morgan fingerprint density at radius 1 is 1.21 bits per heavy atom. The lowest BCUT2D eigenvalue weighted by atomic mass is 10.1. The fraction of sp³-hybridized carbons (Fsp3) is 0.429. The van der Waals surface area contributed by atoms with Crippen LogP contribution >= 0.6 is 35.3 Å². The molecule has 2 aromatic heterocycles. The van der Waals surface area contributed by atoms with Gasteiger partial charge in [-0.3, -0.25) is 4.99 Å². The number of piperidine rings is 1. The molecule has 3 aromatic rings. The molecule has 8 heteroatoms. The third kappa shape index (κ3) is 5.22. The van der Waals surface area contributed by atoms with Crippen LogP contribution < -0.4 is 15.5 Å². The zero-order valence-electron chi connectivity index (χ0n) is 17.0. The van der Waals surface area contributed by atoms with E-state index in [1.165, 1.54) is 10.5 Å². The maximum atomic E-state index is 4.64. The van der Waals surface area contributed by atoms with Crippen molar-refractivity contribution in [1.82, 2.24) is 20.2 Å². The summed E-state index contributed by atoms with van der Waals surface area (Å²) in [4.78, 5) is 11.5. The first-order valence-corrected chi connectivity index (χ1v) is 10.8. The number of rotatable bonds is 5. The Hall–Kier alpha value is -1.81. The van der Waals surface area contributed by atoms with Crippen molar-refractivity contribution in [2.24, 2.45) is 4.99 Å². The molecule has 0 spiro atoms. The first-order chi connectivity index (χ1) is 13.7. The number of aliphatic imine (C=N–C) groups is 1. The van der Waals surface area contributed by atoms with Gasteiger partial charge in [0.1, 0.15) is 5.82 Å². The minimum Gasteiger partial charge on any atom is -0.363 e. The predicted molar refractivity (Wildman–Crippen MR) is 134 cm³/mol. The molecule has 4 rings (SSSR count). The van der Waals surface area contributed by atoms with Gasteiger partial charge in [0, 0.05) is 39.3 Å². The first-order valence-electron chi connectivity index (χ1n) is 9.92. The molecule has 3 heterocycles. The van der Waals surface area contributed by atoms with E-state index in [-0.39, 0.29) is 24.0 Å². The summed E-state index contributed by atoms with van der Waals surface area (Å²) in [6, 6.07) is 13.1. The van der Waals surface area contributed by atoms with E-state index in [2.05, 4.69) is 72.7 Å². The molecule has 1 saturated heterocycles. The monoisotopic (exact) mass is 524 g/mol. The number of thiophene rings is 1. The molecule has 2 N–H and O–H groups in total.